The van der Waals surface area contributed by atoms with Crippen LogP contribution in [0.2, 0.25) is 5.02 Å². The van der Waals surface area contributed by atoms with Crippen molar-refractivity contribution in [3.63, 3.8) is 0 Å². The van der Waals surface area contributed by atoms with Gasteiger partial charge in [0.15, 0.2) is 11.6 Å². The molecule has 0 saturated carbocycles. The Balaban J connectivity index is 2.71. The molecule has 0 fully saturated rings. The van der Waals surface area contributed by atoms with Gasteiger partial charge in [-0.15, -0.1) is 0 Å². The zero-order chi connectivity index (χ0) is 14.9. The van der Waals surface area contributed by atoms with Gasteiger partial charge in [0.05, 0.1) is 9.95 Å². The van der Waals surface area contributed by atoms with Gasteiger partial charge in [0, 0.05) is 6.20 Å². The summed E-state index contributed by atoms with van der Waals surface area (Å²) in [5.74, 6) is -0.763. The number of nitro groups is 1. The smallest absolute Gasteiger partial charge is 0.258 e. The van der Waals surface area contributed by atoms with Crippen LogP contribution in [0, 0.1) is 15.9 Å². The molecule has 2 rings (SSSR count). The normalized spacial score (nSPS) is 10.8. The predicted molar refractivity (Wildman–Crippen MR) is 71.7 cm³/mol. The lowest BCUT2D eigenvalue weighted by Crippen LogP contribution is -2.07. The third kappa shape index (κ3) is 2.36. The summed E-state index contributed by atoms with van der Waals surface area (Å²) >= 11 is 5.65. The van der Waals surface area contributed by atoms with Crippen LogP contribution in [0.1, 0.15) is 25.2 Å². The van der Waals surface area contributed by atoms with E-state index in [4.69, 9.17) is 11.6 Å². The summed E-state index contributed by atoms with van der Waals surface area (Å²) < 4.78 is 15.1. The SMILES string of the molecule is CCc1nn(-c2ncc(Cl)cc2F)c(CC)c1[N+](=O)[O-]. The maximum absolute atomic E-state index is 13.9. The molecule has 0 unspecified atom stereocenters. The average Bonchev–Trinajstić information content (AvgIpc) is 2.77. The highest BCUT2D eigenvalue weighted by atomic mass is 35.5. The highest BCUT2D eigenvalue weighted by molar-refractivity contribution is 6.30. The van der Waals surface area contributed by atoms with E-state index in [0.717, 1.165) is 6.07 Å². The van der Waals surface area contributed by atoms with Gasteiger partial charge >= 0.3 is 5.69 Å². The van der Waals surface area contributed by atoms with Crippen molar-refractivity contribution in [3.8, 4) is 5.82 Å². The van der Waals surface area contributed by atoms with E-state index >= 15 is 0 Å². The number of aryl methyl sites for hydroxylation is 1. The van der Waals surface area contributed by atoms with Crippen LogP contribution in [-0.2, 0) is 12.8 Å². The molecule has 0 spiro atoms. The Labute approximate surface area is 119 Å². The molecule has 2 aromatic rings. The molecular formula is C12H12ClFN4O2. The number of nitrogens with zero attached hydrogens (tertiary/aromatic N) is 4. The molecule has 0 atom stereocenters. The van der Waals surface area contributed by atoms with Gasteiger partial charge in [0.2, 0.25) is 0 Å². The minimum Gasteiger partial charge on any atom is -0.258 e. The molecule has 20 heavy (non-hydrogen) atoms. The number of aromatic nitrogens is 3. The Morgan fingerprint density at radius 1 is 1.45 bits per heavy atom. The maximum Gasteiger partial charge on any atom is 0.313 e. The average molecular weight is 299 g/mol. The van der Waals surface area contributed by atoms with Crippen molar-refractivity contribution in [1.82, 2.24) is 14.8 Å². The van der Waals surface area contributed by atoms with E-state index in [1.807, 2.05) is 0 Å². The van der Waals surface area contributed by atoms with Crippen molar-refractivity contribution in [2.75, 3.05) is 0 Å². The van der Waals surface area contributed by atoms with Crippen LogP contribution in [0.5, 0.6) is 0 Å². The van der Waals surface area contributed by atoms with E-state index in [-0.39, 0.29) is 16.5 Å². The highest BCUT2D eigenvalue weighted by Gasteiger charge is 2.27. The van der Waals surface area contributed by atoms with E-state index < -0.39 is 10.7 Å². The van der Waals surface area contributed by atoms with Crippen LogP contribution in [-0.4, -0.2) is 19.7 Å². The summed E-state index contributed by atoms with van der Waals surface area (Å²) in [6.07, 6.45) is 2.00. The molecule has 6 nitrogen and oxygen atoms in total. The van der Waals surface area contributed by atoms with Gasteiger partial charge in [-0.05, 0) is 18.9 Å². The molecule has 2 heterocycles. The van der Waals surface area contributed by atoms with Crippen molar-refractivity contribution in [2.24, 2.45) is 0 Å². The molecule has 0 saturated heterocycles. The van der Waals surface area contributed by atoms with E-state index in [1.165, 1.54) is 10.9 Å². The van der Waals surface area contributed by atoms with Crippen LogP contribution in [0.4, 0.5) is 10.1 Å². The summed E-state index contributed by atoms with van der Waals surface area (Å²) in [5.41, 5.74) is 0.551. The van der Waals surface area contributed by atoms with Gasteiger partial charge in [-0.1, -0.05) is 25.4 Å². The number of hydrogen-bond donors (Lipinski definition) is 0. The van der Waals surface area contributed by atoms with Gasteiger partial charge in [0.1, 0.15) is 11.4 Å². The molecule has 0 N–H and O–H groups in total. The zero-order valence-corrected chi connectivity index (χ0v) is 11.7. The first-order valence-electron chi connectivity index (χ1n) is 6.06. The minimum atomic E-state index is -0.674. The maximum atomic E-state index is 13.9. The van der Waals surface area contributed by atoms with E-state index in [9.17, 15) is 14.5 Å². The third-order valence-electron chi connectivity index (χ3n) is 2.86. The summed E-state index contributed by atoms with van der Waals surface area (Å²) in [6.45, 7) is 3.50. The fraction of sp³-hybridized carbons (Fsp3) is 0.333. The highest BCUT2D eigenvalue weighted by Crippen LogP contribution is 2.27. The third-order valence-corrected chi connectivity index (χ3v) is 3.07. The Kier molecular flexibility index (Phi) is 3.99. The first kappa shape index (κ1) is 14.4. The van der Waals surface area contributed by atoms with Crippen LogP contribution in [0.25, 0.3) is 5.82 Å². The molecule has 0 aromatic carbocycles. The van der Waals surface area contributed by atoms with E-state index in [2.05, 4.69) is 10.1 Å². The fourth-order valence-electron chi connectivity index (χ4n) is 2.00. The molecule has 0 aliphatic rings. The van der Waals surface area contributed by atoms with Crippen LogP contribution >= 0.6 is 11.6 Å². The Bertz CT molecular complexity index is 672. The van der Waals surface area contributed by atoms with Gasteiger partial charge in [-0.3, -0.25) is 10.1 Å². The second kappa shape index (κ2) is 5.54. The van der Waals surface area contributed by atoms with Crippen LogP contribution in [0.15, 0.2) is 12.3 Å². The number of halogens is 2. The molecule has 0 radical (unpaired) electrons. The summed E-state index contributed by atoms with van der Waals surface area (Å²) in [5, 5.41) is 15.4. The first-order chi connectivity index (χ1) is 9.49. The monoisotopic (exact) mass is 298 g/mol. The Hall–Kier alpha value is -2.02. The minimum absolute atomic E-state index is 0.0776. The quantitative estimate of drug-likeness (QED) is 0.642. The Morgan fingerprint density at radius 2 is 2.15 bits per heavy atom. The lowest BCUT2D eigenvalue weighted by molar-refractivity contribution is -0.386. The van der Waals surface area contributed by atoms with Crippen LogP contribution in [0.3, 0.4) is 0 Å². The van der Waals surface area contributed by atoms with E-state index in [1.54, 1.807) is 13.8 Å². The van der Waals surface area contributed by atoms with Crippen molar-refractivity contribution >= 4 is 17.3 Å². The summed E-state index contributed by atoms with van der Waals surface area (Å²) in [4.78, 5) is 14.5. The van der Waals surface area contributed by atoms with Crippen LogP contribution < -0.4 is 0 Å². The number of hydrogen-bond acceptors (Lipinski definition) is 4. The molecule has 0 amide bonds. The van der Waals surface area contributed by atoms with Gasteiger partial charge < -0.3 is 0 Å². The molecule has 0 bridgehead atoms. The van der Waals surface area contributed by atoms with E-state index in [0.29, 0.717) is 24.2 Å². The molecule has 0 aliphatic heterocycles. The summed E-state index contributed by atoms with van der Waals surface area (Å²) in [7, 11) is 0. The standard InChI is InChI=1S/C12H12ClFN4O2/c1-3-9-11(18(19)20)10(4-2)17(16-9)12-8(14)5-7(13)6-15-12/h5-6H,3-4H2,1-2H3. The van der Waals surface area contributed by atoms with Gasteiger partial charge in [-0.25, -0.2) is 14.1 Å². The Morgan fingerprint density at radius 3 is 2.65 bits per heavy atom. The summed E-state index contributed by atoms with van der Waals surface area (Å²) in [6, 6.07) is 1.10. The molecule has 106 valence electrons. The molecular weight excluding hydrogens is 287 g/mol. The molecule has 0 aliphatic carbocycles. The van der Waals surface area contributed by atoms with Crippen molar-refractivity contribution in [1.29, 1.82) is 0 Å². The number of pyridine rings is 1. The fourth-order valence-corrected chi connectivity index (χ4v) is 2.14. The predicted octanol–water partition coefficient (Wildman–Crippen LogP) is 3.09. The second-order valence-corrected chi connectivity index (χ2v) is 4.51. The number of rotatable bonds is 4. The molecule has 2 aromatic heterocycles. The zero-order valence-electron chi connectivity index (χ0n) is 10.9. The molecule has 8 heteroatoms. The van der Waals surface area contributed by atoms with Crippen molar-refractivity contribution in [3.05, 3.63) is 44.6 Å². The largest absolute Gasteiger partial charge is 0.313 e. The van der Waals surface area contributed by atoms with Gasteiger partial charge in [-0.2, -0.15) is 5.10 Å². The lowest BCUT2D eigenvalue weighted by atomic mass is 10.2. The first-order valence-corrected chi connectivity index (χ1v) is 6.43. The van der Waals surface area contributed by atoms with Crippen molar-refractivity contribution < 1.29 is 9.31 Å². The van der Waals surface area contributed by atoms with Crippen molar-refractivity contribution in [2.45, 2.75) is 26.7 Å². The second-order valence-electron chi connectivity index (χ2n) is 4.08. The lowest BCUT2D eigenvalue weighted by Gasteiger charge is -2.05. The van der Waals surface area contributed by atoms with Gasteiger partial charge in [0.25, 0.3) is 0 Å². The topological polar surface area (TPSA) is 73.8 Å².